The lowest BCUT2D eigenvalue weighted by Gasteiger charge is -2.12. The van der Waals surface area contributed by atoms with Gasteiger partial charge in [-0.25, -0.2) is 5.01 Å². The van der Waals surface area contributed by atoms with Gasteiger partial charge in [0.25, 0.3) is 5.91 Å². The number of aliphatic carboxylic acids is 1. The van der Waals surface area contributed by atoms with Crippen LogP contribution in [0.4, 0.5) is 0 Å². The molecule has 1 aliphatic heterocycles. The fourth-order valence-electron chi connectivity index (χ4n) is 1.48. The van der Waals surface area contributed by atoms with Crippen LogP contribution in [0.15, 0.2) is 33.8 Å². The van der Waals surface area contributed by atoms with Gasteiger partial charge in [0, 0.05) is 10.7 Å². The molecular weight excluding hydrogens is 288 g/mol. The smallest absolute Gasteiger partial charge is 0.321 e. The van der Waals surface area contributed by atoms with Crippen molar-refractivity contribution in [3.63, 3.8) is 0 Å². The molecule has 1 aromatic carbocycles. The zero-order chi connectivity index (χ0) is 12.4. The number of halogens is 1. The highest BCUT2D eigenvalue weighted by molar-refractivity contribution is 9.10. The third-order valence-corrected chi connectivity index (χ3v) is 2.92. The minimum atomic E-state index is -1.17. The van der Waals surface area contributed by atoms with Gasteiger partial charge in [-0.1, -0.05) is 28.1 Å². The number of amides is 1. The third-order valence-electron chi connectivity index (χ3n) is 2.39. The summed E-state index contributed by atoms with van der Waals surface area (Å²) in [5, 5.41) is 13.7. The van der Waals surface area contributed by atoms with Crippen molar-refractivity contribution in [3.8, 4) is 0 Å². The average Bonchev–Trinajstić information content (AvgIpc) is 2.64. The first-order valence-corrected chi connectivity index (χ1v) is 5.70. The Morgan fingerprint density at radius 3 is 2.59 bits per heavy atom. The van der Waals surface area contributed by atoms with Crippen molar-refractivity contribution in [1.29, 1.82) is 0 Å². The minimum Gasteiger partial charge on any atom is -0.480 e. The summed E-state index contributed by atoms with van der Waals surface area (Å²) in [4.78, 5) is 22.3. The Bertz CT molecular complexity index is 484. The first kappa shape index (κ1) is 11.8. The summed E-state index contributed by atoms with van der Waals surface area (Å²) in [5.41, 5.74) is 0.893. The second-order valence-electron chi connectivity index (χ2n) is 3.60. The summed E-state index contributed by atoms with van der Waals surface area (Å²) in [6.07, 6.45) is 1.16. The van der Waals surface area contributed by atoms with Gasteiger partial charge in [0.2, 0.25) is 0 Å². The first-order valence-electron chi connectivity index (χ1n) is 4.90. The average molecular weight is 297 g/mol. The largest absolute Gasteiger partial charge is 0.480 e. The zero-order valence-corrected chi connectivity index (χ0v) is 10.3. The molecule has 5 nitrogen and oxygen atoms in total. The van der Waals surface area contributed by atoms with E-state index in [1.54, 1.807) is 0 Å². The molecule has 1 amide bonds. The molecule has 1 atom stereocenters. The van der Waals surface area contributed by atoms with E-state index in [0.717, 1.165) is 16.3 Å². The third kappa shape index (κ3) is 2.52. The zero-order valence-electron chi connectivity index (χ0n) is 8.71. The molecule has 1 aliphatic rings. The van der Waals surface area contributed by atoms with Crippen LogP contribution in [0.25, 0.3) is 0 Å². The van der Waals surface area contributed by atoms with Crippen LogP contribution >= 0.6 is 15.9 Å². The molecule has 1 unspecified atom stereocenters. The van der Waals surface area contributed by atoms with Crippen molar-refractivity contribution >= 4 is 34.0 Å². The molecule has 1 N–H and O–H groups in total. The number of carboxylic acid groups (broad SMARTS) is 1. The fraction of sp³-hybridized carbons (Fsp3) is 0.182. The van der Waals surface area contributed by atoms with Crippen molar-refractivity contribution in [2.75, 3.05) is 0 Å². The maximum Gasteiger partial charge on any atom is 0.321 e. The van der Waals surface area contributed by atoms with Gasteiger partial charge in [0.15, 0.2) is 5.92 Å². The van der Waals surface area contributed by atoms with E-state index in [2.05, 4.69) is 21.0 Å². The van der Waals surface area contributed by atoms with E-state index in [9.17, 15) is 9.59 Å². The highest BCUT2D eigenvalue weighted by Gasteiger charge is 2.33. The number of hydrogen-bond donors (Lipinski definition) is 1. The van der Waals surface area contributed by atoms with E-state index < -0.39 is 17.8 Å². The fourth-order valence-corrected chi connectivity index (χ4v) is 1.74. The molecule has 17 heavy (non-hydrogen) atoms. The number of hydrogen-bond acceptors (Lipinski definition) is 3. The van der Waals surface area contributed by atoms with E-state index in [0.29, 0.717) is 0 Å². The summed E-state index contributed by atoms with van der Waals surface area (Å²) in [6, 6.07) is 7.41. The van der Waals surface area contributed by atoms with Crippen molar-refractivity contribution in [3.05, 3.63) is 34.3 Å². The molecule has 6 heteroatoms. The normalized spacial score (nSPS) is 18.8. The minimum absolute atomic E-state index is 0.284. The Morgan fingerprint density at radius 1 is 1.41 bits per heavy atom. The number of carboxylic acids is 1. The van der Waals surface area contributed by atoms with Crippen molar-refractivity contribution in [2.45, 2.75) is 6.54 Å². The number of benzene rings is 1. The molecule has 0 saturated carbocycles. The van der Waals surface area contributed by atoms with E-state index in [4.69, 9.17) is 5.11 Å². The van der Waals surface area contributed by atoms with Crippen LogP contribution in [0.1, 0.15) is 5.56 Å². The second kappa shape index (κ2) is 4.67. The van der Waals surface area contributed by atoms with Crippen LogP contribution in [0.2, 0.25) is 0 Å². The molecule has 0 aromatic heterocycles. The molecule has 1 heterocycles. The quantitative estimate of drug-likeness (QED) is 0.859. The van der Waals surface area contributed by atoms with Gasteiger partial charge >= 0.3 is 5.97 Å². The second-order valence-corrected chi connectivity index (χ2v) is 4.52. The maximum absolute atomic E-state index is 11.6. The van der Waals surface area contributed by atoms with Crippen LogP contribution < -0.4 is 0 Å². The van der Waals surface area contributed by atoms with E-state index in [1.165, 1.54) is 5.01 Å². The van der Waals surface area contributed by atoms with E-state index in [1.807, 2.05) is 24.3 Å². The van der Waals surface area contributed by atoms with Crippen LogP contribution in [-0.4, -0.2) is 28.2 Å². The Balaban J connectivity index is 2.07. The summed E-state index contributed by atoms with van der Waals surface area (Å²) in [7, 11) is 0. The van der Waals surface area contributed by atoms with Crippen LogP contribution in [-0.2, 0) is 16.1 Å². The molecule has 0 aliphatic carbocycles. The SMILES string of the molecule is O=C(O)C1C=NN(Cc2ccc(Br)cc2)C1=O. The first-order chi connectivity index (χ1) is 8.08. The standard InChI is InChI=1S/C11H9BrN2O3/c12-8-3-1-7(2-4-8)6-14-10(15)9(5-13-14)11(16)17/h1-5,9H,6H2,(H,16,17). The van der Waals surface area contributed by atoms with Crippen molar-refractivity contribution in [1.82, 2.24) is 5.01 Å². The Morgan fingerprint density at radius 2 is 2.06 bits per heavy atom. The van der Waals surface area contributed by atoms with Crippen molar-refractivity contribution in [2.24, 2.45) is 11.0 Å². The summed E-state index contributed by atoms with van der Waals surface area (Å²) >= 11 is 3.31. The predicted molar refractivity (Wildman–Crippen MR) is 64.3 cm³/mol. The number of carbonyl (C=O) groups excluding carboxylic acids is 1. The Labute approximate surface area is 106 Å². The van der Waals surface area contributed by atoms with E-state index >= 15 is 0 Å². The lowest BCUT2D eigenvalue weighted by Crippen LogP contribution is -2.30. The lowest BCUT2D eigenvalue weighted by molar-refractivity contribution is -0.146. The maximum atomic E-state index is 11.6. The molecule has 2 rings (SSSR count). The molecule has 0 radical (unpaired) electrons. The molecule has 1 aromatic rings. The monoisotopic (exact) mass is 296 g/mol. The molecule has 0 bridgehead atoms. The Kier molecular flexibility index (Phi) is 3.23. The lowest BCUT2D eigenvalue weighted by atomic mass is 10.1. The summed E-state index contributed by atoms with van der Waals surface area (Å²) < 4.78 is 0.945. The molecular formula is C11H9BrN2O3. The van der Waals surface area contributed by atoms with Gasteiger partial charge < -0.3 is 5.11 Å². The van der Waals surface area contributed by atoms with Gasteiger partial charge in [0.1, 0.15) is 0 Å². The van der Waals surface area contributed by atoms with Gasteiger partial charge in [-0.2, -0.15) is 5.10 Å². The van der Waals surface area contributed by atoms with Gasteiger partial charge in [-0.05, 0) is 17.7 Å². The number of carbonyl (C=O) groups is 2. The van der Waals surface area contributed by atoms with Gasteiger partial charge in [-0.3, -0.25) is 9.59 Å². The van der Waals surface area contributed by atoms with Crippen LogP contribution in [0.3, 0.4) is 0 Å². The summed E-state index contributed by atoms with van der Waals surface area (Å²) in [5.74, 6) is -2.82. The summed E-state index contributed by atoms with van der Waals surface area (Å²) in [6.45, 7) is 0.284. The highest BCUT2D eigenvalue weighted by Crippen LogP contribution is 2.16. The number of hydrazone groups is 1. The highest BCUT2D eigenvalue weighted by atomic mass is 79.9. The van der Waals surface area contributed by atoms with Crippen LogP contribution in [0, 0.1) is 5.92 Å². The number of nitrogens with zero attached hydrogens (tertiary/aromatic N) is 2. The van der Waals surface area contributed by atoms with Gasteiger partial charge in [0.05, 0.1) is 6.54 Å². The van der Waals surface area contributed by atoms with Crippen LogP contribution in [0.5, 0.6) is 0 Å². The topological polar surface area (TPSA) is 70.0 Å². The Hall–Kier alpha value is -1.69. The molecule has 0 spiro atoms. The molecule has 0 fully saturated rings. The van der Waals surface area contributed by atoms with Crippen molar-refractivity contribution < 1.29 is 14.7 Å². The molecule has 88 valence electrons. The number of rotatable bonds is 3. The molecule has 0 saturated heterocycles. The van der Waals surface area contributed by atoms with Gasteiger partial charge in [-0.15, -0.1) is 0 Å². The predicted octanol–water partition coefficient (Wildman–Crippen LogP) is 1.48. The van der Waals surface area contributed by atoms with E-state index in [-0.39, 0.29) is 6.54 Å².